The molecule has 1 aromatic carbocycles. The molecule has 2 aromatic rings. The molecule has 4 N–H and O–H groups in total. The van der Waals surface area contributed by atoms with Crippen molar-refractivity contribution in [2.24, 2.45) is 5.73 Å². The number of hydrogen-bond acceptors (Lipinski definition) is 6. The quantitative estimate of drug-likeness (QED) is 0.568. The highest BCUT2D eigenvalue weighted by atomic mass is 32.1. The number of nitrogens with two attached hydrogens (primary N) is 1. The first-order valence-corrected chi connectivity index (χ1v) is 9.36. The predicted molar refractivity (Wildman–Crippen MR) is 102 cm³/mol. The van der Waals surface area contributed by atoms with Crippen LogP contribution in [0.5, 0.6) is 5.75 Å². The molecule has 9 nitrogen and oxygen atoms in total. The fourth-order valence-corrected chi connectivity index (χ4v) is 3.72. The van der Waals surface area contributed by atoms with Gasteiger partial charge in [0.25, 0.3) is 11.8 Å². The number of benzene rings is 1. The monoisotopic (exact) mass is 438 g/mol. The molecule has 0 radical (unpaired) electrons. The molecule has 0 unspecified atom stereocenters. The zero-order chi connectivity index (χ0) is 22.1. The van der Waals surface area contributed by atoms with Gasteiger partial charge >= 0.3 is 12.6 Å². The van der Waals surface area contributed by atoms with E-state index in [1.807, 2.05) is 0 Å². The minimum Gasteiger partial charge on any atom is -0.435 e. The molecule has 1 aliphatic heterocycles. The second kappa shape index (κ2) is 8.06. The first-order valence-electron chi connectivity index (χ1n) is 8.48. The molecule has 0 spiro atoms. The van der Waals surface area contributed by atoms with E-state index in [1.54, 1.807) is 5.38 Å². The van der Waals surface area contributed by atoms with Crippen LogP contribution in [0.25, 0.3) is 0 Å². The van der Waals surface area contributed by atoms with Gasteiger partial charge in [0.05, 0.1) is 5.56 Å². The van der Waals surface area contributed by atoms with Crippen molar-refractivity contribution < 1.29 is 32.7 Å². The third-order valence-corrected chi connectivity index (χ3v) is 5.25. The Labute approximate surface area is 172 Å². The molecule has 2 heterocycles. The molecule has 158 valence electrons. The summed E-state index contributed by atoms with van der Waals surface area (Å²) in [6, 6.07) is 5.85. The van der Waals surface area contributed by atoms with Crippen molar-refractivity contribution in [3.05, 3.63) is 46.8 Å². The molecule has 1 atom stereocenters. The first kappa shape index (κ1) is 21.2. The number of urea groups is 1. The number of thiophene rings is 1. The van der Waals surface area contributed by atoms with E-state index < -0.39 is 42.4 Å². The molecule has 30 heavy (non-hydrogen) atoms. The van der Waals surface area contributed by atoms with E-state index in [2.05, 4.69) is 15.4 Å². The van der Waals surface area contributed by atoms with Gasteiger partial charge in [-0.3, -0.25) is 19.3 Å². The summed E-state index contributed by atoms with van der Waals surface area (Å²) in [5.74, 6) is -2.24. The van der Waals surface area contributed by atoms with Gasteiger partial charge in [0.2, 0.25) is 5.91 Å². The fourth-order valence-electron chi connectivity index (χ4n) is 2.92. The van der Waals surface area contributed by atoms with E-state index in [9.17, 15) is 28.0 Å². The lowest BCUT2D eigenvalue weighted by molar-refractivity contribution is -0.133. The molecule has 1 fully saturated rings. The Bertz CT molecular complexity index is 1010. The Morgan fingerprint density at radius 3 is 2.53 bits per heavy atom. The number of carbonyl (C=O) groups is 4. The van der Waals surface area contributed by atoms with E-state index in [0.717, 1.165) is 16.2 Å². The van der Waals surface area contributed by atoms with Crippen molar-refractivity contribution >= 4 is 40.1 Å². The summed E-state index contributed by atoms with van der Waals surface area (Å²) in [6.45, 7) is -2.16. The zero-order valence-corrected chi connectivity index (χ0v) is 16.3. The molecule has 0 saturated carbocycles. The third-order valence-electron chi connectivity index (χ3n) is 4.42. The minimum absolute atomic E-state index is 0.105. The molecule has 0 aliphatic carbocycles. The number of hydrogen-bond donors (Lipinski definition) is 3. The maximum atomic E-state index is 12.9. The third kappa shape index (κ3) is 4.08. The molecule has 5 amide bonds. The maximum Gasteiger partial charge on any atom is 0.387 e. The van der Waals surface area contributed by atoms with Gasteiger partial charge in [0, 0.05) is 0 Å². The number of carbonyl (C=O) groups excluding carboxylic acids is 4. The zero-order valence-electron chi connectivity index (χ0n) is 15.5. The minimum atomic E-state index is -2.99. The van der Waals surface area contributed by atoms with Crippen molar-refractivity contribution in [2.45, 2.75) is 19.1 Å². The number of primary amides is 1. The van der Waals surface area contributed by atoms with Crippen molar-refractivity contribution in [2.75, 3.05) is 11.9 Å². The van der Waals surface area contributed by atoms with Gasteiger partial charge in [-0.25, -0.2) is 4.79 Å². The lowest BCUT2D eigenvalue weighted by Crippen LogP contribution is -2.42. The van der Waals surface area contributed by atoms with Gasteiger partial charge in [-0.15, -0.1) is 11.3 Å². The number of rotatable bonds is 7. The lowest BCUT2D eigenvalue weighted by atomic mass is 9.92. The summed E-state index contributed by atoms with van der Waals surface area (Å²) in [4.78, 5) is 49.5. The molecular weight excluding hydrogens is 422 g/mol. The SMILES string of the molecule is C[C@@]1(c2ccc(OC(F)F)cc2)NC(=O)N(CC(=O)Nc2sccc2C(N)=O)C1=O. The Balaban J connectivity index is 1.73. The van der Waals surface area contributed by atoms with Crippen LogP contribution in [0.4, 0.5) is 18.6 Å². The Morgan fingerprint density at radius 1 is 1.27 bits per heavy atom. The van der Waals surface area contributed by atoms with E-state index in [1.165, 1.54) is 37.3 Å². The summed E-state index contributed by atoms with van der Waals surface area (Å²) in [7, 11) is 0. The van der Waals surface area contributed by atoms with Gasteiger partial charge < -0.3 is 21.1 Å². The van der Waals surface area contributed by atoms with Gasteiger partial charge in [0.15, 0.2) is 0 Å². The number of nitrogens with one attached hydrogen (secondary N) is 2. The van der Waals surface area contributed by atoms with Gasteiger partial charge in [0.1, 0.15) is 22.8 Å². The van der Waals surface area contributed by atoms with Crippen LogP contribution in [0.3, 0.4) is 0 Å². The van der Waals surface area contributed by atoms with Crippen LogP contribution < -0.4 is 21.1 Å². The summed E-state index contributed by atoms with van der Waals surface area (Å²) in [5, 5.41) is 6.71. The van der Waals surface area contributed by atoms with Crippen LogP contribution in [0.15, 0.2) is 35.7 Å². The van der Waals surface area contributed by atoms with E-state index in [-0.39, 0.29) is 16.3 Å². The summed E-state index contributed by atoms with van der Waals surface area (Å²) in [5.41, 5.74) is 4.15. The molecular formula is C18H16F2N4O5S. The highest BCUT2D eigenvalue weighted by Gasteiger charge is 2.49. The Hall–Kier alpha value is -3.54. The number of anilines is 1. The topological polar surface area (TPSA) is 131 Å². The molecule has 1 aromatic heterocycles. The second-order valence-corrected chi connectivity index (χ2v) is 7.34. The Morgan fingerprint density at radius 2 is 1.93 bits per heavy atom. The molecule has 3 rings (SSSR count). The largest absolute Gasteiger partial charge is 0.435 e. The number of imide groups is 1. The second-order valence-electron chi connectivity index (χ2n) is 6.43. The predicted octanol–water partition coefficient (Wildman–Crippen LogP) is 1.85. The molecule has 1 aliphatic rings. The van der Waals surface area contributed by atoms with Crippen molar-refractivity contribution in [3.63, 3.8) is 0 Å². The van der Waals surface area contributed by atoms with Crippen molar-refractivity contribution in [1.82, 2.24) is 10.2 Å². The number of halogens is 2. The summed E-state index contributed by atoms with van der Waals surface area (Å²) >= 11 is 1.07. The molecule has 1 saturated heterocycles. The van der Waals surface area contributed by atoms with Crippen LogP contribution in [0.2, 0.25) is 0 Å². The highest BCUT2D eigenvalue weighted by molar-refractivity contribution is 7.14. The average molecular weight is 438 g/mol. The molecule has 12 heteroatoms. The highest BCUT2D eigenvalue weighted by Crippen LogP contribution is 2.30. The van der Waals surface area contributed by atoms with Crippen molar-refractivity contribution in [3.8, 4) is 5.75 Å². The average Bonchev–Trinajstić information content (AvgIpc) is 3.21. The van der Waals surface area contributed by atoms with E-state index >= 15 is 0 Å². The number of ether oxygens (including phenoxy) is 1. The van der Waals surface area contributed by atoms with Crippen LogP contribution in [-0.2, 0) is 15.1 Å². The maximum absolute atomic E-state index is 12.9. The van der Waals surface area contributed by atoms with Gasteiger partial charge in [-0.2, -0.15) is 8.78 Å². The fraction of sp³-hybridized carbons (Fsp3) is 0.222. The standard InChI is InChI=1S/C18H16F2N4O5S/c1-18(9-2-4-10(5-3-9)29-16(19)20)15(27)24(17(28)23-18)8-12(25)22-14-11(13(21)26)6-7-30-14/h2-7,16H,8H2,1H3,(H2,21,26)(H,22,25)(H,23,28)/t18-/m0/s1. The van der Waals surface area contributed by atoms with E-state index in [4.69, 9.17) is 5.73 Å². The molecule has 0 bridgehead atoms. The smallest absolute Gasteiger partial charge is 0.387 e. The van der Waals surface area contributed by atoms with Gasteiger partial charge in [-0.05, 0) is 36.1 Å². The van der Waals surface area contributed by atoms with Crippen molar-refractivity contribution in [1.29, 1.82) is 0 Å². The lowest BCUT2D eigenvalue weighted by Gasteiger charge is -2.22. The first-order chi connectivity index (χ1) is 14.1. The number of alkyl halides is 2. The normalized spacial score (nSPS) is 18.5. The van der Waals surface area contributed by atoms with Crippen LogP contribution >= 0.6 is 11.3 Å². The van der Waals surface area contributed by atoms with Gasteiger partial charge in [-0.1, -0.05) is 12.1 Å². The summed E-state index contributed by atoms with van der Waals surface area (Å²) in [6.07, 6.45) is 0. The van der Waals surface area contributed by atoms with E-state index in [0.29, 0.717) is 5.56 Å². The van der Waals surface area contributed by atoms with Crippen LogP contribution in [0.1, 0.15) is 22.8 Å². The van der Waals surface area contributed by atoms with Crippen LogP contribution in [0, 0.1) is 0 Å². The number of amides is 5. The number of nitrogens with zero attached hydrogens (tertiary/aromatic N) is 1. The Kier molecular flexibility index (Phi) is 5.69. The van der Waals surface area contributed by atoms with Crippen LogP contribution in [-0.4, -0.2) is 41.8 Å². The summed E-state index contributed by atoms with van der Waals surface area (Å²) < 4.78 is 28.8.